The third-order valence-electron chi connectivity index (χ3n) is 6.38. The van der Waals surface area contributed by atoms with Crippen molar-refractivity contribution in [1.29, 1.82) is 0 Å². The van der Waals surface area contributed by atoms with Gasteiger partial charge in [-0.3, -0.25) is 9.69 Å². The molecule has 34 heavy (non-hydrogen) atoms. The van der Waals surface area contributed by atoms with Crippen LogP contribution < -0.4 is 10.2 Å². The molecule has 0 spiro atoms. The minimum Gasteiger partial charge on any atom is -0.506 e. The number of aromatic nitrogens is 1. The van der Waals surface area contributed by atoms with Crippen molar-refractivity contribution < 1.29 is 9.90 Å². The van der Waals surface area contributed by atoms with E-state index < -0.39 is 0 Å². The Kier molecular flexibility index (Phi) is 6.47. The molecule has 174 valence electrons. The maximum absolute atomic E-state index is 12.9. The van der Waals surface area contributed by atoms with Gasteiger partial charge in [-0.1, -0.05) is 36.4 Å². The predicted molar refractivity (Wildman–Crippen MR) is 139 cm³/mol. The van der Waals surface area contributed by atoms with Gasteiger partial charge in [0.25, 0.3) is 0 Å². The number of thiazole rings is 1. The molecule has 6 nitrogen and oxygen atoms in total. The summed E-state index contributed by atoms with van der Waals surface area (Å²) in [6.45, 7) is 5.03. The smallest absolute Gasteiger partial charge is 0.241 e. The van der Waals surface area contributed by atoms with Gasteiger partial charge in [-0.25, -0.2) is 4.98 Å². The van der Waals surface area contributed by atoms with Crippen LogP contribution in [0.2, 0.25) is 0 Å². The molecule has 1 aliphatic rings. The first-order valence-electron chi connectivity index (χ1n) is 11.6. The van der Waals surface area contributed by atoms with E-state index in [1.165, 1.54) is 10.3 Å². The van der Waals surface area contributed by atoms with E-state index in [2.05, 4.69) is 33.3 Å². The molecule has 0 radical (unpaired) electrons. The van der Waals surface area contributed by atoms with Gasteiger partial charge in [-0.05, 0) is 48.9 Å². The molecule has 1 saturated heterocycles. The molecule has 1 fully saturated rings. The molecule has 2 heterocycles. The summed E-state index contributed by atoms with van der Waals surface area (Å²) in [5, 5.41) is 14.3. The van der Waals surface area contributed by atoms with E-state index in [9.17, 15) is 9.90 Å². The first kappa shape index (κ1) is 22.4. The second-order valence-electron chi connectivity index (χ2n) is 8.63. The van der Waals surface area contributed by atoms with E-state index in [1.807, 2.05) is 55.5 Å². The Morgan fingerprint density at radius 1 is 1.00 bits per heavy atom. The number of amides is 1. The molecule has 4 aromatic rings. The van der Waals surface area contributed by atoms with Crippen LogP contribution in [0.5, 0.6) is 5.75 Å². The number of benzene rings is 3. The lowest BCUT2D eigenvalue weighted by Crippen LogP contribution is -2.52. The van der Waals surface area contributed by atoms with E-state index in [4.69, 9.17) is 4.98 Å². The lowest BCUT2D eigenvalue weighted by Gasteiger charge is -2.38. The number of rotatable bonds is 6. The van der Waals surface area contributed by atoms with Crippen LogP contribution in [0.3, 0.4) is 0 Å². The fourth-order valence-electron chi connectivity index (χ4n) is 4.37. The standard InChI is InChI=1S/C27H28N4O2S/c1-19(30-14-16-31(17-15-30)23-7-3-4-8-24(23)32)27(33)28-21-12-10-20(11-13-21)18-26-29-22-6-2-5-9-25(22)34-26/h2-13,19,32H,14-18H2,1H3,(H,28,33). The van der Waals surface area contributed by atoms with Gasteiger partial charge in [0.1, 0.15) is 5.75 Å². The normalized spacial score (nSPS) is 15.4. The van der Waals surface area contributed by atoms with Crippen molar-refractivity contribution in [2.75, 3.05) is 36.4 Å². The Balaban J connectivity index is 1.15. The predicted octanol–water partition coefficient (Wildman–Crippen LogP) is 4.74. The molecule has 0 aliphatic carbocycles. The highest BCUT2D eigenvalue weighted by atomic mass is 32.1. The molecule has 1 aliphatic heterocycles. The highest BCUT2D eigenvalue weighted by Gasteiger charge is 2.26. The number of phenolic OH excluding ortho intramolecular Hbond substituents is 1. The molecular formula is C27H28N4O2S. The van der Waals surface area contributed by atoms with Gasteiger partial charge < -0.3 is 15.3 Å². The van der Waals surface area contributed by atoms with Crippen molar-refractivity contribution in [2.24, 2.45) is 0 Å². The van der Waals surface area contributed by atoms with Crippen molar-refractivity contribution in [3.63, 3.8) is 0 Å². The van der Waals surface area contributed by atoms with E-state index in [-0.39, 0.29) is 11.9 Å². The highest BCUT2D eigenvalue weighted by Crippen LogP contribution is 2.28. The molecule has 0 saturated carbocycles. The van der Waals surface area contributed by atoms with Gasteiger partial charge in [0.15, 0.2) is 0 Å². The van der Waals surface area contributed by atoms with Gasteiger partial charge in [-0.15, -0.1) is 11.3 Å². The number of hydrogen-bond donors (Lipinski definition) is 2. The van der Waals surface area contributed by atoms with E-state index in [0.29, 0.717) is 5.75 Å². The topological polar surface area (TPSA) is 68.7 Å². The number of carbonyl (C=O) groups excluding carboxylic acids is 1. The van der Waals surface area contributed by atoms with Gasteiger partial charge >= 0.3 is 0 Å². The quantitative estimate of drug-likeness (QED) is 0.424. The third-order valence-corrected chi connectivity index (χ3v) is 7.42. The summed E-state index contributed by atoms with van der Waals surface area (Å²) in [4.78, 5) is 21.9. The van der Waals surface area contributed by atoms with Gasteiger partial charge in [0.05, 0.1) is 27.0 Å². The number of carbonyl (C=O) groups is 1. The summed E-state index contributed by atoms with van der Waals surface area (Å²) in [7, 11) is 0. The lowest BCUT2D eigenvalue weighted by atomic mass is 10.1. The van der Waals surface area contributed by atoms with Gasteiger partial charge in [0.2, 0.25) is 5.91 Å². The summed E-state index contributed by atoms with van der Waals surface area (Å²) >= 11 is 1.72. The highest BCUT2D eigenvalue weighted by molar-refractivity contribution is 7.18. The largest absolute Gasteiger partial charge is 0.506 e. The number of para-hydroxylation sites is 3. The summed E-state index contributed by atoms with van der Waals surface area (Å²) in [6.07, 6.45) is 0.783. The molecule has 1 aromatic heterocycles. The molecule has 1 amide bonds. The van der Waals surface area contributed by atoms with Crippen LogP contribution in [-0.2, 0) is 11.2 Å². The second kappa shape index (κ2) is 9.83. The average molecular weight is 473 g/mol. The Morgan fingerprint density at radius 2 is 1.71 bits per heavy atom. The summed E-state index contributed by atoms with van der Waals surface area (Å²) in [5.41, 5.74) is 3.87. The summed E-state index contributed by atoms with van der Waals surface area (Å²) < 4.78 is 1.21. The van der Waals surface area contributed by atoms with Crippen molar-refractivity contribution >= 4 is 38.8 Å². The van der Waals surface area contributed by atoms with Crippen molar-refractivity contribution in [3.05, 3.63) is 83.4 Å². The minimum absolute atomic E-state index is 0.00469. The Morgan fingerprint density at radius 3 is 2.44 bits per heavy atom. The molecule has 2 N–H and O–H groups in total. The Labute approximate surface area is 203 Å². The fraction of sp³-hybridized carbons (Fsp3) is 0.259. The first-order valence-corrected chi connectivity index (χ1v) is 12.4. The molecule has 0 bridgehead atoms. The zero-order valence-corrected chi connectivity index (χ0v) is 20.0. The zero-order chi connectivity index (χ0) is 23.5. The number of hydrogen-bond acceptors (Lipinski definition) is 6. The van der Waals surface area contributed by atoms with Crippen LogP contribution in [0.15, 0.2) is 72.8 Å². The molecule has 7 heteroatoms. The van der Waals surface area contributed by atoms with E-state index in [0.717, 1.165) is 54.5 Å². The maximum Gasteiger partial charge on any atom is 0.241 e. The SMILES string of the molecule is CC(C(=O)Nc1ccc(Cc2nc3ccccc3s2)cc1)N1CCN(c2ccccc2O)CC1. The number of nitrogens with one attached hydrogen (secondary N) is 1. The van der Waals surface area contributed by atoms with Crippen LogP contribution in [-0.4, -0.2) is 53.1 Å². The van der Waals surface area contributed by atoms with Crippen LogP contribution >= 0.6 is 11.3 Å². The fourth-order valence-corrected chi connectivity index (χ4v) is 5.37. The number of nitrogens with zero attached hydrogens (tertiary/aromatic N) is 3. The lowest BCUT2D eigenvalue weighted by molar-refractivity contribution is -0.120. The molecular weight excluding hydrogens is 444 g/mol. The van der Waals surface area contributed by atoms with Crippen molar-refractivity contribution in [1.82, 2.24) is 9.88 Å². The second-order valence-corrected chi connectivity index (χ2v) is 9.74. The number of phenols is 1. The first-order chi connectivity index (χ1) is 16.6. The number of aromatic hydroxyl groups is 1. The maximum atomic E-state index is 12.9. The number of piperazine rings is 1. The van der Waals surface area contributed by atoms with E-state index in [1.54, 1.807) is 17.4 Å². The van der Waals surface area contributed by atoms with Crippen molar-refractivity contribution in [2.45, 2.75) is 19.4 Å². The third kappa shape index (κ3) is 4.90. The monoisotopic (exact) mass is 472 g/mol. The zero-order valence-electron chi connectivity index (χ0n) is 19.1. The average Bonchev–Trinajstić information content (AvgIpc) is 3.27. The van der Waals surface area contributed by atoms with Crippen LogP contribution in [0.4, 0.5) is 11.4 Å². The minimum atomic E-state index is -0.228. The van der Waals surface area contributed by atoms with Gasteiger partial charge in [0, 0.05) is 38.3 Å². The van der Waals surface area contributed by atoms with Crippen LogP contribution in [0.1, 0.15) is 17.5 Å². The van der Waals surface area contributed by atoms with Crippen LogP contribution in [0, 0.1) is 0 Å². The Hall–Kier alpha value is -3.42. The van der Waals surface area contributed by atoms with Crippen LogP contribution in [0.25, 0.3) is 10.2 Å². The molecule has 3 aromatic carbocycles. The Bertz CT molecular complexity index is 1250. The summed E-state index contributed by atoms with van der Waals surface area (Å²) in [5.74, 6) is 0.295. The molecule has 5 rings (SSSR count). The summed E-state index contributed by atoms with van der Waals surface area (Å²) in [6, 6.07) is 23.4. The van der Waals surface area contributed by atoms with Gasteiger partial charge in [-0.2, -0.15) is 0 Å². The van der Waals surface area contributed by atoms with Crippen molar-refractivity contribution in [3.8, 4) is 5.75 Å². The molecule has 1 atom stereocenters. The molecule has 1 unspecified atom stereocenters. The number of anilines is 2. The number of fused-ring (bicyclic) bond motifs is 1. The van der Waals surface area contributed by atoms with E-state index >= 15 is 0 Å².